The predicted molar refractivity (Wildman–Crippen MR) is 172 cm³/mol. The van der Waals surface area contributed by atoms with E-state index in [0.29, 0.717) is 30.5 Å². The molecule has 0 aromatic heterocycles. The van der Waals surface area contributed by atoms with Gasteiger partial charge >= 0.3 is 5.97 Å². The Kier molecular flexibility index (Phi) is 9.96. The molecule has 0 spiro atoms. The van der Waals surface area contributed by atoms with Gasteiger partial charge in [-0.1, -0.05) is 6.08 Å². The molecule has 0 bridgehead atoms. The van der Waals surface area contributed by atoms with Gasteiger partial charge in [-0.15, -0.1) is 6.58 Å². The van der Waals surface area contributed by atoms with Gasteiger partial charge in [0.05, 0.1) is 32.1 Å². The van der Waals surface area contributed by atoms with Crippen molar-refractivity contribution in [3.8, 4) is 28.7 Å². The van der Waals surface area contributed by atoms with Crippen LogP contribution in [0.1, 0.15) is 29.2 Å². The Morgan fingerprint density at radius 1 is 1.00 bits per heavy atom. The number of rotatable bonds is 9. The molecule has 2 aromatic carbocycles. The van der Waals surface area contributed by atoms with E-state index in [1.807, 2.05) is 0 Å². The monoisotopic (exact) mass is 697 g/mol. The Morgan fingerprint density at radius 3 is 2.38 bits per heavy atom. The van der Waals surface area contributed by atoms with Crippen LogP contribution in [0.15, 0.2) is 54.8 Å². The molecule has 4 aliphatic heterocycles. The number of ether oxygens (including phenoxy) is 6. The number of carbonyl (C=O) groups is 2. The lowest BCUT2D eigenvalue weighted by molar-refractivity contribution is -0.339. The first-order valence-corrected chi connectivity index (χ1v) is 15.9. The fourth-order valence-electron chi connectivity index (χ4n) is 6.92. The van der Waals surface area contributed by atoms with E-state index in [4.69, 9.17) is 28.4 Å². The number of carbonyl (C=O) groups excluding carboxylic acids is 2. The quantitative estimate of drug-likeness (QED) is 0.0946. The Morgan fingerprint density at radius 2 is 1.70 bits per heavy atom. The average molecular weight is 698 g/mol. The van der Waals surface area contributed by atoms with Crippen LogP contribution in [0.2, 0.25) is 0 Å². The lowest BCUT2D eigenvalue weighted by Gasteiger charge is -2.48. The highest BCUT2D eigenvalue weighted by Crippen LogP contribution is 2.49. The molecule has 9 atom stereocenters. The zero-order valence-corrected chi connectivity index (χ0v) is 27.2. The number of aliphatic hydroxyl groups excluding tert-OH is 3. The van der Waals surface area contributed by atoms with Crippen molar-refractivity contribution in [2.45, 2.75) is 55.9 Å². The van der Waals surface area contributed by atoms with Crippen LogP contribution in [0, 0.1) is 11.8 Å². The van der Waals surface area contributed by atoms with Gasteiger partial charge in [0.15, 0.2) is 29.3 Å². The van der Waals surface area contributed by atoms with Crippen molar-refractivity contribution in [1.29, 1.82) is 0 Å². The summed E-state index contributed by atoms with van der Waals surface area (Å²) < 4.78 is 33.1. The largest absolute Gasteiger partial charge is 0.504 e. The number of fused-ring (bicyclic) bond motifs is 4. The predicted octanol–water partition coefficient (Wildman–Crippen LogP) is 1.39. The van der Waals surface area contributed by atoms with Gasteiger partial charge in [-0.3, -0.25) is 4.79 Å². The summed E-state index contributed by atoms with van der Waals surface area (Å²) in [6.07, 6.45) is -2.83. The summed E-state index contributed by atoms with van der Waals surface area (Å²) in [6, 6.07) is 5.53. The minimum absolute atomic E-state index is 0.125. The number of amides is 1. The maximum absolute atomic E-state index is 13.6. The van der Waals surface area contributed by atoms with E-state index < -0.39 is 67.4 Å². The molecule has 1 amide bonds. The fraction of sp³-hybridized carbons (Fsp3) is 0.429. The van der Waals surface area contributed by atoms with Crippen LogP contribution in [-0.4, -0.2) is 112 Å². The topological polar surface area (TPSA) is 214 Å². The zero-order valence-electron chi connectivity index (χ0n) is 27.2. The number of phenols is 3. The van der Waals surface area contributed by atoms with Gasteiger partial charge in [-0.05, 0) is 59.9 Å². The molecule has 0 saturated carbocycles. The molecule has 4 heterocycles. The van der Waals surface area contributed by atoms with E-state index in [1.54, 1.807) is 11.0 Å². The van der Waals surface area contributed by atoms with Crippen molar-refractivity contribution in [3.05, 3.63) is 71.5 Å². The number of aromatic hydroxyl groups is 3. The minimum Gasteiger partial charge on any atom is -0.504 e. The van der Waals surface area contributed by atoms with Crippen LogP contribution in [0.25, 0.3) is 6.08 Å². The zero-order chi connectivity index (χ0) is 35.9. The number of methoxy groups -OCH3 is 2. The van der Waals surface area contributed by atoms with Crippen LogP contribution < -0.4 is 9.47 Å². The number of hydrogen-bond donors (Lipinski definition) is 6. The molecular formula is C35H39NO14. The molecule has 268 valence electrons. The van der Waals surface area contributed by atoms with Crippen LogP contribution in [0.5, 0.6) is 28.7 Å². The summed E-state index contributed by atoms with van der Waals surface area (Å²) in [5, 5.41) is 62.4. The average Bonchev–Trinajstić information content (AvgIpc) is 3.11. The van der Waals surface area contributed by atoms with E-state index >= 15 is 0 Å². The van der Waals surface area contributed by atoms with Gasteiger partial charge in [-0.2, -0.15) is 0 Å². The number of phenolic OH excluding ortho intramolecular Hbond substituents is 3. The molecule has 2 saturated heterocycles. The summed E-state index contributed by atoms with van der Waals surface area (Å²) >= 11 is 0. The summed E-state index contributed by atoms with van der Waals surface area (Å²) in [4.78, 5) is 27.9. The molecule has 2 aromatic rings. The van der Waals surface area contributed by atoms with Crippen molar-refractivity contribution >= 4 is 18.0 Å². The summed E-state index contributed by atoms with van der Waals surface area (Å²) in [6.45, 7) is 3.81. The SMILES string of the molecule is C=C[C@H]1[C@H](O[C@@H]2O[C@H](COC(=O)C=Cc3cc(OC)c(O)c(OC)c3)[C@@H](O)[C@H](O)[C@H]2O)OC=C2C(=O)N3CCc4cc(O)c(O)cc4[C@H]3C[C@H]21. The van der Waals surface area contributed by atoms with Gasteiger partial charge < -0.3 is 64.0 Å². The molecule has 15 heteroatoms. The molecule has 50 heavy (non-hydrogen) atoms. The highest BCUT2D eigenvalue weighted by molar-refractivity contribution is 5.95. The first kappa shape index (κ1) is 35.0. The first-order chi connectivity index (χ1) is 23.9. The minimum atomic E-state index is -1.74. The number of nitrogens with zero attached hydrogens (tertiary/aromatic N) is 1. The smallest absolute Gasteiger partial charge is 0.330 e. The lowest BCUT2D eigenvalue weighted by atomic mass is 9.73. The van der Waals surface area contributed by atoms with E-state index in [9.17, 15) is 40.2 Å². The van der Waals surface area contributed by atoms with Crippen LogP contribution in [-0.2, 0) is 35.0 Å². The third-order valence-corrected chi connectivity index (χ3v) is 9.60. The Bertz CT molecular complexity index is 1680. The molecule has 6 N–H and O–H groups in total. The van der Waals surface area contributed by atoms with Gasteiger partial charge in [0, 0.05) is 24.5 Å². The first-order valence-electron chi connectivity index (χ1n) is 15.9. The van der Waals surface area contributed by atoms with Crippen molar-refractivity contribution in [1.82, 2.24) is 4.90 Å². The third kappa shape index (κ3) is 6.45. The highest BCUT2D eigenvalue weighted by Gasteiger charge is 2.51. The fourth-order valence-corrected chi connectivity index (χ4v) is 6.92. The van der Waals surface area contributed by atoms with Gasteiger partial charge in [-0.25, -0.2) is 4.79 Å². The summed E-state index contributed by atoms with van der Waals surface area (Å²) in [7, 11) is 2.72. The Balaban J connectivity index is 1.13. The Hall–Kier alpha value is -4.80. The number of hydrogen-bond acceptors (Lipinski definition) is 14. The van der Waals surface area contributed by atoms with Crippen molar-refractivity contribution in [2.75, 3.05) is 27.4 Å². The molecular weight excluding hydrogens is 658 g/mol. The van der Waals surface area contributed by atoms with Gasteiger partial charge in [0.1, 0.15) is 31.0 Å². The second-order valence-electron chi connectivity index (χ2n) is 12.4. The van der Waals surface area contributed by atoms with Crippen LogP contribution in [0.4, 0.5) is 0 Å². The van der Waals surface area contributed by atoms with Crippen LogP contribution >= 0.6 is 0 Å². The number of piperidine rings is 1. The van der Waals surface area contributed by atoms with Gasteiger partial charge in [0.25, 0.3) is 5.91 Å². The van der Waals surface area contributed by atoms with Crippen LogP contribution in [0.3, 0.4) is 0 Å². The molecule has 0 aliphatic carbocycles. The maximum atomic E-state index is 13.6. The molecule has 4 aliphatic rings. The van der Waals surface area contributed by atoms with E-state index in [0.717, 1.165) is 17.2 Å². The molecule has 0 unspecified atom stereocenters. The molecule has 2 fully saturated rings. The highest BCUT2D eigenvalue weighted by atomic mass is 16.8. The molecule has 6 rings (SSSR count). The second-order valence-corrected chi connectivity index (χ2v) is 12.4. The molecule has 0 radical (unpaired) electrons. The summed E-state index contributed by atoms with van der Waals surface area (Å²) in [5.41, 5.74) is 2.41. The summed E-state index contributed by atoms with van der Waals surface area (Å²) in [5.74, 6) is -2.63. The lowest BCUT2D eigenvalue weighted by Crippen LogP contribution is -2.60. The normalized spacial score (nSPS) is 30.3. The van der Waals surface area contributed by atoms with Gasteiger partial charge in [0.2, 0.25) is 12.0 Å². The van der Waals surface area contributed by atoms with Crippen molar-refractivity contribution in [2.24, 2.45) is 11.8 Å². The van der Waals surface area contributed by atoms with Crippen molar-refractivity contribution < 1.29 is 68.6 Å². The number of aliphatic hydroxyl groups is 3. The second kappa shape index (κ2) is 14.2. The number of benzene rings is 2. The standard InChI is InChI=1S/C35H39NO14/c1-4-18-20-12-22-19-13-24(38)23(37)11-17(19)7-8-36(22)33(44)21(20)14-48-34(18)50-35-32(43)31(42)30(41)27(49-35)15-47-28(39)6-5-16-9-25(45-2)29(40)26(10-16)46-3/h4-6,9-11,13-14,18,20,22,27,30-32,34-35,37-38,40-43H,1,7-8,12,15H2,2-3H3/t18-,20+,22-,27-,30-,31+,32-,34+,35+/m1/s1. The van der Waals surface area contributed by atoms with E-state index in [1.165, 1.54) is 50.8 Å². The number of esters is 1. The van der Waals surface area contributed by atoms with Crippen molar-refractivity contribution in [3.63, 3.8) is 0 Å². The van der Waals surface area contributed by atoms with E-state index in [-0.39, 0.29) is 34.7 Å². The Labute approximate surface area is 286 Å². The maximum Gasteiger partial charge on any atom is 0.330 e. The van der Waals surface area contributed by atoms with E-state index in [2.05, 4.69) is 6.58 Å². The third-order valence-electron chi connectivity index (χ3n) is 9.60. The molecule has 15 nitrogen and oxygen atoms in total.